The zero-order valence-corrected chi connectivity index (χ0v) is 17.3. The molecule has 1 aromatic carbocycles. The van der Waals surface area contributed by atoms with Gasteiger partial charge >= 0.3 is 0 Å². The Kier molecular flexibility index (Phi) is 5.18. The number of aromatic amines is 1. The molecule has 150 valence electrons. The normalized spacial score (nSPS) is 17.1. The Balaban J connectivity index is 1.34. The van der Waals surface area contributed by atoms with E-state index in [0.29, 0.717) is 11.7 Å². The molecule has 4 aromatic rings. The largest absolute Gasteiger partial charge is 0.361 e. The Hall–Kier alpha value is -3.21. The van der Waals surface area contributed by atoms with E-state index < -0.39 is 0 Å². The molecule has 0 amide bonds. The van der Waals surface area contributed by atoms with Crippen LogP contribution in [0.5, 0.6) is 0 Å². The third kappa shape index (κ3) is 3.80. The summed E-state index contributed by atoms with van der Waals surface area (Å²) in [4.78, 5) is 14.9. The van der Waals surface area contributed by atoms with Crippen molar-refractivity contribution in [3.8, 4) is 6.07 Å². The molecule has 0 bridgehead atoms. The number of hydrogen-bond acceptors (Lipinski definition) is 6. The Morgan fingerprint density at radius 1 is 1.23 bits per heavy atom. The van der Waals surface area contributed by atoms with Crippen LogP contribution in [0.25, 0.3) is 10.9 Å². The van der Waals surface area contributed by atoms with Crippen molar-refractivity contribution in [2.45, 2.75) is 31.8 Å². The molecule has 30 heavy (non-hydrogen) atoms. The minimum absolute atomic E-state index is 0.332. The van der Waals surface area contributed by atoms with Gasteiger partial charge in [-0.25, -0.2) is 9.97 Å². The van der Waals surface area contributed by atoms with Crippen LogP contribution in [-0.2, 0) is 6.54 Å². The van der Waals surface area contributed by atoms with Gasteiger partial charge in [0.1, 0.15) is 11.8 Å². The predicted molar refractivity (Wildman–Crippen MR) is 120 cm³/mol. The maximum absolute atomic E-state index is 8.89. The zero-order chi connectivity index (χ0) is 20.3. The lowest BCUT2D eigenvalue weighted by atomic mass is 9.98. The summed E-state index contributed by atoms with van der Waals surface area (Å²) in [6.45, 7) is 2.02. The van der Waals surface area contributed by atoms with Gasteiger partial charge in [0.15, 0.2) is 5.13 Å². The van der Waals surface area contributed by atoms with Crippen LogP contribution in [0.3, 0.4) is 0 Å². The number of pyridine rings is 1. The molecular weight excluding hydrogens is 392 g/mol. The Labute approximate surface area is 179 Å². The first kappa shape index (κ1) is 18.8. The quantitative estimate of drug-likeness (QED) is 0.459. The SMILES string of the molecule is N#Cc1ccc(Nc2nc([C@H]3CCCCN3Cc3cccc4[nH]ccc34)cs2)cn1. The fourth-order valence-electron chi connectivity index (χ4n) is 4.18. The maximum Gasteiger partial charge on any atom is 0.187 e. The summed E-state index contributed by atoms with van der Waals surface area (Å²) >= 11 is 1.61. The number of hydrogen-bond donors (Lipinski definition) is 2. The summed E-state index contributed by atoms with van der Waals surface area (Å²) < 4.78 is 0. The highest BCUT2D eigenvalue weighted by Crippen LogP contribution is 2.35. The van der Waals surface area contributed by atoms with Gasteiger partial charge in [-0.2, -0.15) is 5.26 Å². The van der Waals surface area contributed by atoms with Crippen molar-refractivity contribution in [3.05, 3.63) is 71.1 Å². The minimum Gasteiger partial charge on any atom is -0.361 e. The molecule has 0 spiro atoms. The number of anilines is 2. The fourth-order valence-corrected chi connectivity index (χ4v) is 4.95. The highest BCUT2D eigenvalue weighted by Gasteiger charge is 2.26. The first-order chi connectivity index (χ1) is 14.8. The van der Waals surface area contributed by atoms with E-state index >= 15 is 0 Å². The lowest BCUT2D eigenvalue weighted by molar-refractivity contribution is 0.138. The van der Waals surface area contributed by atoms with E-state index in [1.54, 1.807) is 23.6 Å². The fraction of sp³-hybridized carbons (Fsp3) is 0.261. The molecule has 5 rings (SSSR count). The number of nitrogens with zero attached hydrogens (tertiary/aromatic N) is 4. The lowest BCUT2D eigenvalue weighted by Crippen LogP contribution is -2.33. The average Bonchev–Trinajstić information content (AvgIpc) is 3.45. The first-order valence-electron chi connectivity index (χ1n) is 10.2. The van der Waals surface area contributed by atoms with E-state index in [4.69, 9.17) is 10.2 Å². The van der Waals surface area contributed by atoms with Crippen molar-refractivity contribution >= 4 is 33.1 Å². The Bertz CT molecular complexity index is 1190. The van der Waals surface area contributed by atoms with Crippen molar-refractivity contribution in [3.63, 3.8) is 0 Å². The van der Waals surface area contributed by atoms with Crippen LogP contribution in [0.15, 0.2) is 54.2 Å². The van der Waals surface area contributed by atoms with E-state index in [0.717, 1.165) is 36.0 Å². The van der Waals surface area contributed by atoms with Crippen molar-refractivity contribution in [1.82, 2.24) is 19.9 Å². The number of fused-ring (bicyclic) bond motifs is 1. The Morgan fingerprint density at radius 3 is 3.07 bits per heavy atom. The molecule has 0 unspecified atom stereocenters. The summed E-state index contributed by atoms with van der Waals surface area (Å²) in [7, 11) is 0. The highest BCUT2D eigenvalue weighted by atomic mass is 32.1. The molecule has 0 saturated carbocycles. The number of nitriles is 1. The summed E-state index contributed by atoms with van der Waals surface area (Å²) in [5.41, 5.74) is 4.94. The molecule has 2 N–H and O–H groups in total. The van der Waals surface area contributed by atoms with Crippen molar-refractivity contribution < 1.29 is 0 Å². The third-order valence-electron chi connectivity index (χ3n) is 5.67. The number of aromatic nitrogens is 3. The first-order valence-corrected chi connectivity index (χ1v) is 11.1. The number of piperidine rings is 1. The molecule has 1 aliphatic heterocycles. The molecule has 0 aliphatic carbocycles. The average molecular weight is 415 g/mol. The second kappa shape index (κ2) is 8.27. The van der Waals surface area contributed by atoms with E-state index in [-0.39, 0.29) is 0 Å². The van der Waals surface area contributed by atoms with Gasteiger partial charge < -0.3 is 10.3 Å². The Morgan fingerprint density at radius 2 is 2.20 bits per heavy atom. The van der Waals surface area contributed by atoms with Crippen LogP contribution in [0.1, 0.15) is 42.3 Å². The molecule has 1 fully saturated rings. The second-order valence-electron chi connectivity index (χ2n) is 7.58. The van der Waals surface area contributed by atoms with Crippen molar-refractivity contribution in [1.29, 1.82) is 5.26 Å². The maximum atomic E-state index is 8.89. The second-order valence-corrected chi connectivity index (χ2v) is 8.44. The zero-order valence-electron chi connectivity index (χ0n) is 16.5. The topological polar surface area (TPSA) is 80.6 Å². The van der Waals surface area contributed by atoms with Gasteiger partial charge in [0.05, 0.1) is 23.6 Å². The van der Waals surface area contributed by atoms with Crippen molar-refractivity contribution in [2.24, 2.45) is 0 Å². The number of nitrogens with one attached hydrogen (secondary N) is 2. The van der Waals surface area contributed by atoms with E-state index in [1.165, 1.54) is 29.3 Å². The van der Waals surface area contributed by atoms with Gasteiger partial charge in [-0.05, 0) is 49.2 Å². The molecule has 1 saturated heterocycles. The van der Waals surface area contributed by atoms with Crippen LogP contribution in [-0.4, -0.2) is 26.4 Å². The third-order valence-corrected chi connectivity index (χ3v) is 6.44. The number of thiazole rings is 1. The van der Waals surface area contributed by atoms with Gasteiger partial charge in [-0.1, -0.05) is 18.6 Å². The number of H-pyrrole nitrogens is 1. The molecule has 1 atom stereocenters. The molecule has 1 aliphatic rings. The molecule has 3 aromatic heterocycles. The van der Waals surface area contributed by atoms with Crippen LogP contribution in [0.2, 0.25) is 0 Å². The minimum atomic E-state index is 0.332. The van der Waals surface area contributed by atoms with Crippen LogP contribution in [0, 0.1) is 11.3 Å². The number of likely N-dealkylation sites (tertiary alicyclic amines) is 1. The summed E-state index contributed by atoms with van der Waals surface area (Å²) in [5, 5.41) is 16.5. The summed E-state index contributed by atoms with van der Waals surface area (Å²) in [5.74, 6) is 0. The van der Waals surface area contributed by atoms with E-state index in [1.807, 2.05) is 18.3 Å². The van der Waals surface area contributed by atoms with E-state index in [9.17, 15) is 0 Å². The summed E-state index contributed by atoms with van der Waals surface area (Å²) in [6, 6.07) is 14.6. The number of rotatable bonds is 5. The predicted octanol–water partition coefficient (Wildman–Crippen LogP) is 5.36. The van der Waals surface area contributed by atoms with Gasteiger partial charge in [-0.3, -0.25) is 4.90 Å². The monoisotopic (exact) mass is 414 g/mol. The van der Waals surface area contributed by atoms with Crippen LogP contribution >= 0.6 is 11.3 Å². The van der Waals surface area contributed by atoms with Gasteiger partial charge in [-0.15, -0.1) is 11.3 Å². The molecule has 6 nitrogen and oxygen atoms in total. The van der Waals surface area contributed by atoms with Crippen molar-refractivity contribution in [2.75, 3.05) is 11.9 Å². The molecular formula is C23H22N6S. The smallest absolute Gasteiger partial charge is 0.187 e. The van der Waals surface area contributed by atoms with Gasteiger partial charge in [0.25, 0.3) is 0 Å². The van der Waals surface area contributed by atoms with E-state index in [2.05, 4.69) is 49.8 Å². The van der Waals surface area contributed by atoms with Crippen LogP contribution < -0.4 is 5.32 Å². The molecule has 4 heterocycles. The summed E-state index contributed by atoms with van der Waals surface area (Å²) in [6.07, 6.45) is 7.27. The highest BCUT2D eigenvalue weighted by molar-refractivity contribution is 7.13. The molecule has 0 radical (unpaired) electrons. The van der Waals surface area contributed by atoms with Gasteiger partial charge in [0.2, 0.25) is 0 Å². The number of benzene rings is 1. The standard InChI is InChI=1S/C23H22N6S/c24-12-17-7-8-18(13-26-17)27-23-28-21(15-30-23)22-6-1-2-11-29(22)14-16-4-3-5-20-19(16)9-10-25-20/h3-5,7-10,13,15,22,25H,1-2,6,11,14H2,(H,27,28)/t22-/m1/s1. The van der Waals surface area contributed by atoms with Gasteiger partial charge in [0, 0.05) is 29.0 Å². The van der Waals surface area contributed by atoms with Crippen LogP contribution in [0.4, 0.5) is 10.8 Å². The molecule has 7 heteroatoms. The lowest BCUT2D eigenvalue weighted by Gasteiger charge is -2.35.